The minimum absolute atomic E-state index is 0.131. The summed E-state index contributed by atoms with van der Waals surface area (Å²) in [6, 6.07) is 3.52. The number of anilines is 2. The van der Waals surface area contributed by atoms with Crippen LogP contribution in [0.25, 0.3) is 0 Å². The third-order valence-corrected chi connectivity index (χ3v) is 2.85. The van der Waals surface area contributed by atoms with Crippen molar-refractivity contribution in [3.05, 3.63) is 23.8 Å². The Kier molecular flexibility index (Phi) is 3.94. The number of nitrogens with one attached hydrogen (secondary N) is 1. The molecule has 4 nitrogen and oxygen atoms in total. The summed E-state index contributed by atoms with van der Waals surface area (Å²) in [6.45, 7) is 2.02. The Hall–Kier alpha value is -1.76. The molecular formula is C12H13F3N2O2. The largest absolute Gasteiger partial charge is 0.416 e. The van der Waals surface area contributed by atoms with E-state index in [1.54, 1.807) is 4.90 Å². The molecule has 1 aliphatic heterocycles. The van der Waals surface area contributed by atoms with E-state index in [-0.39, 0.29) is 5.69 Å². The number of hydrogen-bond donors (Lipinski definition) is 1. The van der Waals surface area contributed by atoms with Crippen LogP contribution in [0.3, 0.4) is 0 Å². The second-order valence-electron chi connectivity index (χ2n) is 4.13. The number of halogens is 3. The Morgan fingerprint density at radius 1 is 1.21 bits per heavy atom. The SMILES string of the molecule is O=CNc1cc(N2CCOCC2)cc(C(F)(F)F)c1. The van der Waals surface area contributed by atoms with E-state index >= 15 is 0 Å². The van der Waals surface area contributed by atoms with Gasteiger partial charge in [-0.25, -0.2) is 0 Å². The maximum absolute atomic E-state index is 12.8. The first-order valence-electron chi connectivity index (χ1n) is 5.76. The molecule has 0 atom stereocenters. The third-order valence-electron chi connectivity index (χ3n) is 2.85. The van der Waals surface area contributed by atoms with Gasteiger partial charge in [0.2, 0.25) is 6.41 Å². The fourth-order valence-corrected chi connectivity index (χ4v) is 1.93. The number of alkyl halides is 3. The van der Waals surface area contributed by atoms with Crippen LogP contribution in [0, 0.1) is 0 Å². The Labute approximate surface area is 108 Å². The molecule has 0 aromatic heterocycles. The molecule has 7 heteroatoms. The lowest BCUT2D eigenvalue weighted by Gasteiger charge is -2.29. The zero-order valence-corrected chi connectivity index (χ0v) is 10.0. The van der Waals surface area contributed by atoms with E-state index in [0.717, 1.165) is 12.1 Å². The van der Waals surface area contributed by atoms with Crippen molar-refractivity contribution in [3.8, 4) is 0 Å². The van der Waals surface area contributed by atoms with Crippen LogP contribution in [-0.2, 0) is 15.7 Å². The summed E-state index contributed by atoms with van der Waals surface area (Å²) in [4.78, 5) is 12.2. The van der Waals surface area contributed by atoms with Crippen LogP contribution in [0.2, 0.25) is 0 Å². The van der Waals surface area contributed by atoms with Gasteiger partial charge in [-0.1, -0.05) is 0 Å². The van der Waals surface area contributed by atoms with Crippen LogP contribution in [0.5, 0.6) is 0 Å². The maximum atomic E-state index is 12.8. The second kappa shape index (κ2) is 5.48. The molecule has 1 aromatic carbocycles. The van der Waals surface area contributed by atoms with Crippen LogP contribution in [0.4, 0.5) is 24.5 Å². The Balaban J connectivity index is 2.35. The monoisotopic (exact) mass is 274 g/mol. The molecule has 0 radical (unpaired) electrons. The van der Waals surface area contributed by atoms with Crippen molar-refractivity contribution in [3.63, 3.8) is 0 Å². The molecule has 1 aromatic rings. The van der Waals surface area contributed by atoms with E-state index in [9.17, 15) is 18.0 Å². The van der Waals surface area contributed by atoms with Gasteiger partial charge in [0, 0.05) is 24.5 Å². The third kappa shape index (κ3) is 3.37. The van der Waals surface area contributed by atoms with Crippen molar-refractivity contribution in [2.75, 3.05) is 36.5 Å². The van der Waals surface area contributed by atoms with Gasteiger partial charge in [-0.3, -0.25) is 4.79 Å². The fraction of sp³-hybridized carbons (Fsp3) is 0.417. The highest BCUT2D eigenvalue weighted by molar-refractivity contribution is 5.74. The molecule has 0 spiro atoms. The lowest BCUT2D eigenvalue weighted by atomic mass is 10.1. The molecule has 1 saturated heterocycles. The molecular weight excluding hydrogens is 261 g/mol. The number of carbonyl (C=O) groups excluding carboxylic acids is 1. The standard InChI is InChI=1S/C12H13F3N2O2/c13-12(14,15)9-5-10(16-8-18)7-11(6-9)17-1-3-19-4-2-17/h5-8H,1-4H2,(H,16,18). The van der Waals surface area contributed by atoms with Gasteiger partial charge >= 0.3 is 6.18 Å². The second-order valence-corrected chi connectivity index (χ2v) is 4.13. The summed E-state index contributed by atoms with van der Waals surface area (Å²) < 4.78 is 43.5. The van der Waals surface area contributed by atoms with Gasteiger partial charge in [-0.2, -0.15) is 13.2 Å². The van der Waals surface area contributed by atoms with E-state index in [2.05, 4.69) is 5.32 Å². The molecule has 19 heavy (non-hydrogen) atoms. The van der Waals surface area contributed by atoms with Crippen molar-refractivity contribution in [2.45, 2.75) is 6.18 Å². The average Bonchev–Trinajstić information content (AvgIpc) is 2.39. The number of morpholine rings is 1. The number of nitrogens with zero attached hydrogens (tertiary/aromatic N) is 1. The topological polar surface area (TPSA) is 41.6 Å². The zero-order chi connectivity index (χ0) is 13.9. The number of benzene rings is 1. The van der Waals surface area contributed by atoms with Gasteiger partial charge in [0.15, 0.2) is 0 Å². The van der Waals surface area contributed by atoms with E-state index in [4.69, 9.17) is 4.74 Å². The molecule has 0 saturated carbocycles. The molecule has 0 unspecified atom stereocenters. The zero-order valence-electron chi connectivity index (χ0n) is 10.0. The van der Waals surface area contributed by atoms with Gasteiger partial charge in [0.05, 0.1) is 18.8 Å². The summed E-state index contributed by atoms with van der Waals surface area (Å²) in [5.41, 5.74) is -0.213. The molecule has 0 bridgehead atoms. The highest BCUT2D eigenvalue weighted by atomic mass is 19.4. The highest BCUT2D eigenvalue weighted by Crippen LogP contribution is 2.34. The Bertz CT molecular complexity index is 457. The van der Waals surface area contributed by atoms with Crippen LogP contribution < -0.4 is 10.2 Å². The van der Waals surface area contributed by atoms with Crippen LogP contribution in [0.1, 0.15) is 5.56 Å². The lowest BCUT2D eigenvalue weighted by Crippen LogP contribution is -2.36. The van der Waals surface area contributed by atoms with Crippen molar-refractivity contribution >= 4 is 17.8 Å². The van der Waals surface area contributed by atoms with E-state index in [0.29, 0.717) is 38.4 Å². The predicted molar refractivity (Wildman–Crippen MR) is 64.2 cm³/mol. The lowest BCUT2D eigenvalue weighted by molar-refractivity contribution is -0.137. The van der Waals surface area contributed by atoms with Crippen molar-refractivity contribution in [1.82, 2.24) is 0 Å². The van der Waals surface area contributed by atoms with E-state index in [1.165, 1.54) is 6.07 Å². The van der Waals surface area contributed by atoms with Crippen molar-refractivity contribution in [1.29, 1.82) is 0 Å². The summed E-state index contributed by atoms with van der Waals surface area (Å²) in [5, 5.41) is 2.26. The molecule has 104 valence electrons. The van der Waals surface area contributed by atoms with Crippen molar-refractivity contribution in [2.24, 2.45) is 0 Å². The average molecular weight is 274 g/mol. The molecule has 0 aliphatic carbocycles. The predicted octanol–water partition coefficient (Wildman–Crippen LogP) is 2.11. The number of ether oxygens (including phenoxy) is 1. The molecule has 1 fully saturated rings. The Morgan fingerprint density at radius 3 is 2.47 bits per heavy atom. The summed E-state index contributed by atoms with van der Waals surface area (Å²) in [7, 11) is 0. The highest BCUT2D eigenvalue weighted by Gasteiger charge is 2.31. The smallest absolute Gasteiger partial charge is 0.378 e. The van der Waals surface area contributed by atoms with E-state index < -0.39 is 11.7 Å². The molecule has 1 N–H and O–H groups in total. The number of rotatable bonds is 3. The van der Waals surface area contributed by atoms with Crippen LogP contribution in [-0.4, -0.2) is 32.7 Å². The first kappa shape index (κ1) is 13.7. The van der Waals surface area contributed by atoms with Gasteiger partial charge in [0.1, 0.15) is 0 Å². The number of carbonyl (C=O) groups is 1. The first-order valence-corrected chi connectivity index (χ1v) is 5.76. The summed E-state index contributed by atoms with van der Waals surface area (Å²) >= 11 is 0. The molecule has 1 aliphatic rings. The van der Waals surface area contributed by atoms with Gasteiger partial charge in [0.25, 0.3) is 0 Å². The summed E-state index contributed by atoms with van der Waals surface area (Å²) in [5.74, 6) is 0. The molecule has 1 heterocycles. The van der Waals surface area contributed by atoms with Crippen LogP contribution >= 0.6 is 0 Å². The molecule has 2 rings (SSSR count). The molecule has 1 amide bonds. The van der Waals surface area contributed by atoms with Gasteiger partial charge < -0.3 is 15.0 Å². The summed E-state index contributed by atoms with van der Waals surface area (Å²) in [6.07, 6.45) is -4.08. The first-order chi connectivity index (χ1) is 9.00. The number of amides is 1. The fourth-order valence-electron chi connectivity index (χ4n) is 1.93. The van der Waals surface area contributed by atoms with E-state index in [1.807, 2.05) is 0 Å². The quantitative estimate of drug-likeness (QED) is 0.858. The normalized spacial score (nSPS) is 16.3. The minimum Gasteiger partial charge on any atom is -0.378 e. The maximum Gasteiger partial charge on any atom is 0.416 e. The van der Waals surface area contributed by atoms with Crippen LogP contribution in [0.15, 0.2) is 18.2 Å². The van der Waals surface area contributed by atoms with Gasteiger partial charge in [-0.05, 0) is 18.2 Å². The number of hydrogen-bond acceptors (Lipinski definition) is 3. The van der Waals surface area contributed by atoms with Crippen molar-refractivity contribution < 1.29 is 22.7 Å². The van der Waals surface area contributed by atoms with Gasteiger partial charge in [-0.15, -0.1) is 0 Å². The minimum atomic E-state index is -4.44. The Morgan fingerprint density at radius 2 is 1.89 bits per heavy atom.